The van der Waals surface area contributed by atoms with Crippen molar-refractivity contribution in [2.75, 3.05) is 6.61 Å². The van der Waals surface area contributed by atoms with Gasteiger partial charge in [0, 0.05) is 18.8 Å². The third-order valence-electron chi connectivity index (χ3n) is 2.45. The minimum atomic E-state index is 0.428. The number of rotatable bonds is 5. The van der Waals surface area contributed by atoms with Crippen LogP contribution in [0.3, 0.4) is 0 Å². The molecule has 0 unspecified atom stereocenters. The molecule has 1 heterocycles. The summed E-state index contributed by atoms with van der Waals surface area (Å²) in [6, 6.07) is 13.8. The maximum Gasteiger partial charge on any atom is 0.123 e. The van der Waals surface area contributed by atoms with Gasteiger partial charge in [0.2, 0.25) is 0 Å². The molecule has 0 radical (unpaired) electrons. The zero-order valence-corrected chi connectivity index (χ0v) is 10.1. The number of aromatic nitrogens is 1. The molecule has 3 heteroatoms. The minimum absolute atomic E-state index is 0.428. The van der Waals surface area contributed by atoms with Crippen molar-refractivity contribution in [2.24, 2.45) is 5.73 Å². The van der Waals surface area contributed by atoms with E-state index in [1.165, 1.54) is 5.56 Å². The molecule has 0 fully saturated rings. The van der Waals surface area contributed by atoms with Crippen LogP contribution in [0.5, 0.6) is 5.75 Å². The van der Waals surface area contributed by atoms with E-state index in [0.29, 0.717) is 13.2 Å². The van der Waals surface area contributed by atoms with Crippen molar-refractivity contribution < 1.29 is 4.74 Å². The molecule has 1 aromatic carbocycles. The van der Waals surface area contributed by atoms with Crippen LogP contribution < -0.4 is 10.5 Å². The number of pyridine rings is 1. The van der Waals surface area contributed by atoms with Gasteiger partial charge in [-0.05, 0) is 17.7 Å². The summed E-state index contributed by atoms with van der Waals surface area (Å²) in [4.78, 5) is 4.11. The van der Waals surface area contributed by atoms with Gasteiger partial charge in [0.1, 0.15) is 12.4 Å². The van der Waals surface area contributed by atoms with E-state index < -0.39 is 0 Å². The number of nitrogens with zero attached hydrogens (tertiary/aromatic N) is 1. The third kappa shape index (κ3) is 3.71. The van der Waals surface area contributed by atoms with Gasteiger partial charge in [0.15, 0.2) is 0 Å². The molecule has 0 amide bonds. The first-order valence-electron chi connectivity index (χ1n) is 5.88. The molecule has 0 saturated carbocycles. The van der Waals surface area contributed by atoms with Crippen LogP contribution in [-0.2, 0) is 6.54 Å². The van der Waals surface area contributed by atoms with E-state index >= 15 is 0 Å². The molecule has 0 aliphatic rings. The first kappa shape index (κ1) is 12.3. The Kier molecular flexibility index (Phi) is 4.50. The number of nitrogens with two attached hydrogens (primary N) is 1. The Balaban J connectivity index is 1.86. The van der Waals surface area contributed by atoms with Crippen LogP contribution in [0.25, 0.3) is 6.08 Å². The lowest BCUT2D eigenvalue weighted by Gasteiger charge is -2.04. The SMILES string of the molecule is NCc1cc(OCC=Cc2ccccc2)ccn1. The molecule has 0 aliphatic carbocycles. The van der Waals surface area contributed by atoms with Gasteiger partial charge in [-0.15, -0.1) is 0 Å². The van der Waals surface area contributed by atoms with E-state index in [1.807, 2.05) is 42.5 Å². The molecule has 0 saturated heterocycles. The van der Waals surface area contributed by atoms with Crippen LogP contribution in [0.4, 0.5) is 0 Å². The van der Waals surface area contributed by atoms with Crippen LogP contribution in [0.15, 0.2) is 54.7 Å². The summed E-state index contributed by atoms with van der Waals surface area (Å²) < 4.78 is 5.59. The fourth-order valence-electron chi connectivity index (χ4n) is 1.55. The highest BCUT2D eigenvalue weighted by Crippen LogP contribution is 2.10. The molecule has 0 bridgehead atoms. The van der Waals surface area contributed by atoms with Gasteiger partial charge in [-0.3, -0.25) is 4.98 Å². The summed E-state index contributed by atoms with van der Waals surface area (Å²) in [6.45, 7) is 0.958. The Bertz CT molecular complexity index is 509. The van der Waals surface area contributed by atoms with Gasteiger partial charge in [-0.1, -0.05) is 36.4 Å². The summed E-state index contributed by atoms with van der Waals surface area (Å²) >= 11 is 0. The van der Waals surface area contributed by atoms with E-state index in [2.05, 4.69) is 17.1 Å². The second kappa shape index (κ2) is 6.57. The lowest BCUT2D eigenvalue weighted by molar-refractivity contribution is 0.362. The molecule has 18 heavy (non-hydrogen) atoms. The van der Waals surface area contributed by atoms with Gasteiger partial charge in [0.05, 0.1) is 5.69 Å². The second-order valence-corrected chi connectivity index (χ2v) is 3.81. The minimum Gasteiger partial charge on any atom is -0.489 e. The molecule has 0 spiro atoms. The van der Waals surface area contributed by atoms with Crippen molar-refractivity contribution in [3.63, 3.8) is 0 Å². The highest BCUT2D eigenvalue weighted by atomic mass is 16.5. The van der Waals surface area contributed by atoms with Crippen LogP contribution in [0.1, 0.15) is 11.3 Å². The third-order valence-corrected chi connectivity index (χ3v) is 2.45. The van der Waals surface area contributed by atoms with Gasteiger partial charge in [-0.25, -0.2) is 0 Å². The number of hydrogen-bond acceptors (Lipinski definition) is 3. The summed E-state index contributed by atoms with van der Waals surface area (Å²) in [5.41, 5.74) is 7.52. The Labute approximate surface area is 107 Å². The molecule has 2 aromatic rings. The Morgan fingerprint density at radius 1 is 1.17 bits per heavy atom. The van der Waals surface area contributed by atoms with E-state index in [-0.39, 0.29) is 0 Å². The van der Waals surface area contributed by atoms with Crippen molar-refractivity contribution in [3.05, 3.63) is 66.0 Å². The van der Waals surface area contributed by atoms with Crippen molar-refractivity contribution in [2.45, 2.75) is 6.54 Å². The van der Waals surface area contributed by atoms with Crippen LogP contribution in [0, 0.1) is 0 Å². The largest absolute Gasteiger partial charge is 0.489 e. The molecule has 3 nitrogen and oxygen atoms in total. The first-order chi connectivity index (χ1) is 8.88. The maximum absolute atomic E-state index is 5.59. The molecular weight excluding hydrogens is 224 g/mol. The quantitative estimate of drug-likeness (QED) is 0.874. The van der Waals surface area contributed by atoms with Crippen LogP contribution in [0.2, 0.25) is 0 Å². The van der Waals surface area contributed by atoms with Gasteiger partial charge in [0.25, 0.3) is 0 Å². The lowest BCUT2D eigenvalue weighted by atomic mass is 10.2. The standard InChI is InChI=1S/C15H16N2O/c16-12-14-11-15(8-9-17-14)18-10-4-7-13-5-2-1-3-6-13/h1-9,11H,10,12,16H2. The van der Waals surface area contributed by atoms with E-state index in [1.54, 1.807) is 6.20 Å². The highest BCUT2D eigenvalue weighted by Gasteiger charge is 1.94. The number of ether oxygens (including phenoxy) is 1. The van der Waals surface area contributed by atoms with Crippen molar-refractivity contribution in [1.29, 1.82) is 0 Å². The molecule has 0 aliphatic heterocycles. The topological polar surface area (TPSA) is 48.1 Å². The normalized spacial score (nSPS) is 10.7. The molecule has 1 aromatic heterocycles. The van der Waals surface area contributed by atoms with Crippen LogP contribution in [-0.4, -0.2) is 11.6 Å². The zero-order chi connectivity index (χ0) is 12.6. The zero-order valence-electron chi connectivity index (χ0n) is 10.1. The maximum atomic E-state index is 5.59. The average Bonchev–Trinajstić information content (AvgIpc) is 2.45. The molecule has 2 rings (SSSR count). The average molecular weight is 240 g/mol. The monoisotopic (exact) mass is 240 g/mol. The highest BCUT2D eigenvalue weighted by molar-refractivity contribution is 5.48. The Hall–Kier alpha value is -2.13. The second-order valence-electron chi connectivity index (χ2n) is 3.81. The first-order valence-corrected chi connectivity index (χ1v) is 5.88. The van der Waals surface area contributed by atoms with Crippen molar-refractivity contribution in [1.82, 2.24) is 4.98 Å². The predicted molar refractivity (Wildman–Crippen MR) is 73.1 cm³/mol. The van der Waals surface area contributed by atoms with E-state index in [0.717, 1.165) is 11.4 Å². The van der Waals surface area contributed by atoms with Gasteiger partial charge < -0.3 is 10.5 Å². The smallest absolute Gasteiger partial charge is 0.123 e. The summed E-state index contributed by atoms with van der Waals surface area (Å²) in [5.74, 6) is 0.795. The fraction of sp³-hybridized carbons (Fsp3) is 0.133. The summed E-state index contributed by atoms with van der Waals surface area (Å²) in [7, 11) is 0. The summed E-state index contributed by atoms with van der Waals surface area (Å²) in [6.07, 6.45) is 5.72. The predicted octanol–water partition coefficient (Wildman–Crippen LogP) is 2.63. The lowest BCUT2D eigenvalue weighted by Crippen LogP contribution is -2.00. The molecule has 92 valence electrons. The fourth-order valence-corrected chi connectivity index (χ4v) is 1.55. The van der Waals surface area contributed by atoms with Gasteiger partial charge in [-0.2, -0.15) is 0 Å². The van der Waals surface area contributed by atoms with E-state index in [4.69, 9.17) is 10.5 Å². The number of benzene rings is 1. The van der Waals surface area contributed by atoms with Gasteiger partial charge >= 0.3 is 0 Å². The molecular formula is C15H16N2O. The summed E-state index contributed by atoms with van der Waals surface area (Å²) in [5, 5.41) is 0. The van der Waals surface area contributed by atoms with E-state index in [9.17, 15) is 0 Å². The molecule has 0 atom stereocenters. The van der Waals surface area contributed by atoms with Crippen molar-refractivity contribution >= 4 is 6.08 Å². The molecule has 2 N–H and O–H groups in total. The van der Waals surface area contributed by atoms with Crippen molar-refractivity contribution in [3.8, 4) is 5.75 Å². The Morgan fingerprint density at radius 2 is 2.00 bits per heavy atom. The Morgan fingerprint density at radius 3 is 2.78 bits per heavy atom. The van der Waals surface area contributed by atoms with Crippen LogP contribution >= 0.6 is 0 Å². The number of hydrogen-bond donors (Lipinski definition) is 1.